The van der Waals surface area contributed by atoms with Gasteiger partial charge in [0.2, 0.25) is 10.4 Å². The maximum absolute atomic E-state index is 13.1. The zero-order valence-electron chi connectivity index (χ0n) is 13.5. The summed E-state index contributed by atoms with van der Waals surface area (Å²) in [4.78, 5) is 0. The normalized spacial score (nSPS) is 12.1. The summed E-state index contributed by atoms with van der Waals surface area (Å²) in [6.45, 7) is 5.40. The molecule has 0 aliphatic heterocycles. The summed E-state index contributed by atoms with van der Waals surface area (Å²) >= 11 is 0. The second-order valence-corrected chi connectivity index (χ2v) is 5.67. The van der Waals surface area contributed by atoms with Gasteiger partial charge in [-0.25, -0.2) is 17.6 Å². The third-order valence-corrected chi connectivity index (χ3v) is 3.65. The van der Waals surface area contributed by atoms with E-state index in [1.54, 1.807) is 38.1 Å². The number of alkyl halides is 3. The van der Waals surface area contributed by atoms with Crippen LogP contribution in [0.4, 0.5) is 13.2 Å². The molecule has 1 aromatic heterocycles. The summed E-state index contributed by atoms with van der Waals surface area (Å²) in [5, 5.41) is 0. The van der Waals surface area contributed by atoms with Crippen molar-refractivity contribution in [1.29, 1.82) is 0 Å². The maximum atomic E-state index is 13.1. The number of fused-ring (bicyclic) bond motifs is 1. The molecule has 0 bridgehead atoms. The minimum Gasteiger partial charge on any atom is -0.726 e. The van der Waals surface area contributed by atoms with Crippen LogP contribution in [-0.2, 0) is 33.8 Å². The fourth-order valence-corrected chi connectivity index (χ4v) is 2.67. The highest BCUT2D eigenvalue weighted by atomic mass is 32.3. The van der Waals surface area contributed by atoms with Crippen LogP contribution >= 0.6 is 0 Å². The lowest BCUT2D eigenvalue weighted by atomic mass is 10.3. The predicted molar refractivity (Wildman–Crippen MR) is 79.8 cm³/mol. The van der Waals surface area contributed by atoms with Crippen LogP contribution < -0.4 is 4.57 Å². The van der Waals surface area contributed by atoms with Gasteiger partial charge in [0.1, 0.15) is 0 Å². The molecular weight excluding hydrogens is 349 g/mol. The molecule has 0 N–H and O–H groups in total. The molecule has 10 heteroatoms. The molecule has 0 radical (unpaired) electrons. The topological polar surface area (TPSA) is 75.2 Å². The molecule has 2 aromatic rings. The Bertz CT molecular complexity index is 744. The Kier molecular flexibility index (Phi) is 6.76. The minimum absolute atomic E-state index is 0.0914. The van der Waals surface area contributed by atoms with Crippen molar-refractivity contribution >= 4 is 21.4 Å². The number of halogens is 3. The van der Waals surface area contributed by atoms with Crippen LogP contribution in [0.3, 0.4) is 0 Å². The smallest absolute Gasteiger partial charge is 0.495 e. The van der Waals surface area contributed by atoms with Crippen LogP contribution in [0.15, 0.2) is 24.3 Å². The molecule has 1 heterocycles. The SMILES string of the molecule is CCOS(=O)(=O)[O-].CCn1c(C(F)(F)F)[n+](CC)c2ccccc21. The Morgan fingerprint density at radius 3 is 2.17 bits per heavy atom. The highest BCUT2D eigenvalue weighted by molar-refractivity contribution is 7.80. The van der Waals surface area contributed by atoms with E-state index in [1.165, 1.54) is 16.1 Å². The van der Waals surface area contributed by atoms with Gasteiger partial charge in [-0.05, 0) is 32.9 Å². The van der Waals surface area contributed by atoms with E-state index in [-0.39, 0.29) is 6.61 Å². The van der Waals surface area contributed by atoms with Crippen LogP contribution in [0.5, 0.6) is 0 Å². The molecule has 0 saturated carbocycles. The fraction of sp³-hybridized carbons (Fsp3) is 0.500. The number of hydrogen-bond donors (Lipinski definition) is 0. The van der Waals surface area contributed by atoms with Gasteiger partial charge in [0.05, 0.1) is 19.7 Å². The van der Waals surface area contributed by atoms with Crippen LogP contribution in [-0.4, -0.2) is 24.1 Å². The second-order valence-electron chi connectivity index (χ2n) is 4.61. The number of para-hydroxylation sites is 2. The van der Waals surface area contributed by atoms with Crippen molar-refractivity contribution in [3.63, 3.8) is 0 Å². The first kappa shape index (κ1) is 20.4. The van der Waals surface area contributed by atoms with Crippen molar-refractivity contribution in [1.82, 2.24) is 4.57 Å². The van der Waals surface area contributed by atoms with Gasteiger partial charge < -0.3 is 4.55 Å². The van der Waals surface area contributed by atoms with E-state index in [0.29, 0.717) is 24.1 Å². The van der Waals surface area contributed by atoms with Crippen LogP contribution in [0, 0.1) is 0 Å². The number of aromatic nitrogens is 2. The largest absolute Gasteiger partial charge is 0.726 e. The first-order valence-electron chi connectivity index (χ1n) is 7.25. The predicted octanol–water partition coefficient (Wildman–Crippen LogP) is 2.47. The first-order valence-corrected chi connectivity index (χ1v) is 8.58. The maximum Gasteiger partial charge on any atom is 0.495 e. The highest BCUT2D eigenvalue weighted by Crippen LogP contribution is 2.30. The molecule has 24 heavy (non-hydrogen) atoms. The average Bonchev–Trinajstić information content (AvgIpc) is 2.80. The summed E-state index contributed by atoms with van der Waals surface area (Å²) in [5.41, 5.74) is 1.26. The number of aryl methyl sites for hydroxylation is 2. The van der Waals surface area contributed by atoms with E-state index in [0.717, 1.165) is 0 Å². The number of benzene rings is 1. The standard InChI is InChI=1S/C12H14F3N2.C2H6O4S/c1-3-16-9-7-5-6-8-10(9)17(4-2)11(16)12(13,14)15;1-2-6-7(3,4)5/h5-8H,3-4H2,1-2H3;2H2,1H3,(H,3,4,5)/q+1;/p-1. The third kappa shape index (κ3) is 4.92. The van der Waals surface area contributed by atoms with Crippen LogP contribution in [0.1, 0.15) is 26.6 Å². The van der Waals surface area contributed by atoms with Crippen LogP contribution in [0.2, 0.25) is 0 Å². The second kappa shape index (κ2) is 7.95. The van der Waals surface area contributed by atoms with Gasteiger partial charge in [0, 0.05) is 0 Å². The first-order chi connectivity index (χ1) is 11.1. The van der Waals surface area contributed by atoms with Gasteiger partial charge in [-0.1, -0.05) is 12.1 Å². The Hall–Kier alpha value is -1.65. The van der Waals surface area contributed by atoms with E-state index < -0.39 is 22.4 Å². The van der Waals surface area contributed by atoms with Gasteiger partial charge in [-0.15, -0.1) is 0 Å². The highest BCUT2D eigenvalue weighted by Gasteiger charge is 2.46. The lowest BCUT2D eigenvalue weighted by Gasteiger charge is -2.05. The molecule has 2 rings (SSSR count). The molecule has 136 valence electrons. The van der Waals surface area contributed by atoms with Crippen molar-refractivity contribution in [2.45, 2.75) is 40.0 Å². The number of hydrogen-bond acceptors (Lipinski definition) is 4. The molecule has 0 unspecified atom stereocenters. The zero-order valence-corrected chi connectivity index (χ0v) is 14.3. The Morgan fingerprint density at radius 1 is 1.21 bits per heavy atom. The van der Waals surface area contributed by atoms with Crippen molar-refractivity contribution in [3.05, 3.63) is 30.1 Å². The minimum atomic E-state index is -4.42. The lowest BCUT2D eigenvalue weighted by Crippen LogP contribution is -2.41. The quantitative estimate of drug-likeness (QED) is 0.472. The van der Waals surface area contributed by atoms with E-state index in [2.05, 4.69) is 4.18 Å². The van der Waals surface area contributed by atoms with E-state index in [4.69, 9.17) is 0 Å². The average molecular weight is 368 g/mol. The molecule has 0 fully saturated rings. The number of nitrogens with zero attached hydrogens (tertiary/aromatic N) is 2. The Morgan fingerprint density at radius 2 is 1.79 bits per heavy atom. The van der Waals surface area contributed by atoms with Gasteiger partial charge in [0.15, 0.2) is 11.0 Å². The summed E-state index contributed by atoms with van der Waals surface area (Å²) in [6.07, 6.45) is -4.33. The van der Waals surface area contributed by atoms with Crippen molar-refractivity contribution < 1.29 is 34.9 Å². The molecular formula is C14H19F3N2O4S. The monoisotopic (exact) mass is 368 g/mol. The Labute approximate surface area is 138 Å². The van der Waals surface area contributed by atoms with Gasteiger partial charge in [-0.3, -0.25) is 4.18 Å². The van der Waals surface area contributed by atoms with Crippen LogP contribution in [0.25, 0.3) is 11.0 Å². The molecule has 0 atom stereocenters. The molecule has 0 amide bonds. The van der Waals surface area contributed by atoms with E-state index >= 15 is 0 Å². The third-order valence-electron chi connectivity index (χ3n) is 3.12. The zero-order chi connectivity index (χ0) is 18.5. The Balaban J connectivity index is 0.000000351. The molecule has 0 saturated heterocycles. The van der Waals surface area contributed by atoms with Crippen molar-refractivity contribution in [2.75, 3.05) is 6.61 Å². The van der Waals surface area contributed by atoms with Gasteiger partial charge in [0.25, 0.3) is 0 Å². The molecule has 6 nitrogen and oxygen atoms in total. The fourth-order valence-electron chi connectivity index (χ4n) is 2.39. The molecule has 0 aliphatic rings. The number of rotatable bonds is 4. The van der Waals surface area contributed by atoms with E-state index in [1.807, 2.05) is 0 Å². The summed E-state index contributed by atoms with van der Waals surface area (Å²) in [7, 11) is -4.42. The van der Waals surface area contributed by atoms with Crippen molar-refractivity contribution in [3.8, 4) is 0 Å². The lowest BCUT2D eigenvalue weighted by molar-refractivity contribution is -0.688. The molecule has 0 aliphatic carbocycles. The van der Waals surface area contributed by atoms with Crippen molar-refractivity contribution in [2.24, 2.45) is 0 Å². The summed E-state index contributed by atoms with van der Waals surface area (Å²) < 4.78 is 73.9. The van der Waals surface area contributed by atoms with Gasteiger partial charge in [-0.2, -0.15) is 13.2 Å². The van der Waals surface area contributed by atoms with E-state index in [9.17, 15) is 26.1 Å². The van der Waals surface area contributed by atoms with Gasteiger partial charge >= 0.3 is 12.0 Å². The summed E-state index contributed by atoms with van der Waals surface area (Å²) in [6, 6.07) is 6.96. The summed E-state index contributed by atoms with van der Waals surface area (Å²) in [5.74, 6) is -0.580. The number of imidazole rings is 1. The molecule has 0 spiro atoms. The molecule has 1 aromatic carbocycles.